The predicted octanol–water partition coefficient (Wildman–Crippen LogP) is 2.01. The average Bonchev–Trinajstić information content (AvgIpc) is 2.62. The first-order chi connectivity index (χ1) is 12.9. The van der Waals surface area contributed by atoms with Crippen LogP contribution in [0.4, 0.5) is 0 Å². The van der Waals surface area contributed by atoms with Gasteiger partial charge in [0.1, 0.15) is 0 Å². The molecule has 1 aromatic heterocycles. The van der Waals surface area contributed by atoms with Gasteiger partial charge in [0.15, 0.2) is 4.90 Å². The Kier molecular flexibility index (Phi) is 5.96. The van der Waals surface area contributed by atoms with Gasteiger partial charge >= 0.3 is 5.69 Å². The third-order valence-electron chi connectivity index (χ3n) is 5.28. The van der Waals surface area contributed by atoms with Crippen LogP contribution in [0.1, 0.15) is 49.3 Å². The van der Waals surface area contributed by atoms with Crippen molar-refractivity contribution in [3.63, 3.8) is 0 Å². The summed E-state index contributed by atoms with van der Waals surface area (Å²) < 4.78 is 28.1. The summed E-state index contributed by atoms with van der Waals surface area (Å²) in [5.41, 5.74) is -0.497. The number of aromatic nitrogens is 2. The van der Waals surface area contributed by atoms with E-state index in [9.17, 15) is 18.0 Å². The second kappa shape index (κ2) is 8.22. The fraction of sp³-hybridized carbons (Fsp3) is 0.474. The van der Waals surface area contributed by atoms with Crippen molar-refractivity contribution < 1.29 is 8.42 Å². The van der Waals surface area contributed by atoms with Gasteiger partial charge in [-0.3, -0.25) is 9.78 Å². The molecule has 0 saturated heterocycles. The lowest BCUT2D eigenvalue weighted by molar-refractivity contribution is 0.303. The molecule has 0 radical (unpaired) electrons. The van der Waals surface area contributed by atoms with E-state index >= 15 is 0 Å². The van der Waals surface area contributed by atoms with Crippen molar-refractivity contribution in [2.75, 3.05) is 6.54 Å². The third kappa shape index (κ3) is 4.56. The molecule has 1 atom stereocenters. The molecule has 3 rings (SSSR count). The zero-order valence-electron chi connectivity index (χ0n) is 15.3. The fourth-order valence-corrected chi connectivity index (χ4v) is 5.27. The van der Waals surface area contributed by atoms with Crippen LogP contribution in [0, 0.1) is 12.8 Å². The van der Waals surface area contributed by atoms with Crippen molar-refractivity contribution in [3.05, 3.63) is 62.4 Å². The van der Waals surface area contributed by atoms with E-state index in [1.807, 2.05) is 35.3 Å². The van der Waals surface area contributed by atoms with Crippen LogP contribution in [0.5, 0.6) is 0 Å². The number of sulfonamides is 1. The van der Waals surface area contributed by atoms with Crippen LogP contribution in [-0.4, -0.2) is 24.9 Å². The van der Waals surface area contributed by atoms with Crippen molar-refractivity contribution in [1.29, 1.82) is 0 Å². The van der Waals surface area contributed by atoms with Crippen LogP contribution in [0.2, 0.25) is 0 Å². The number of H-pyrrole nitrogens is 2. The highest BCUT2D eigenvalue weighted by Crippen LogP contribution is 2.35. The normalized spacial score (nSPS) is 16.9. The highest BCUT2D eigenvalue weighted by Gasteiger charge is 2.28. The average molecular weight is 391 g/mol. The van der Waals surface area contributed by atoms with Crippen molar-refractivity contribution in [2.45, 2.75) is 49.8 Å². The molecule has 1 heterocycles. The Balaban J connectivity index is 1.86. The first-order valence-electron chi connectivity index (χ1n) is 9.26. The molecule has 1 aliphatic carbocycles. The van der Waals surface area contributed by atoms with Gasteiger partial charge in [-0.05, 0) is 31.2 Å². The SMILES string of the molecule is Cc1[nH]c(=O)[nH]c(=O)c1S(=O)(=O)NCC(c1ccccc1)C1CCCCC1. The smallest absolute Gasteiger partial charge is 0.310 e. The summed E-state index contributed by atoms with van der Waals surface area (Å²) in [5.74, 6) is 0.447. The van der Waals surface area contributed by atoms with Crippen LogP contribution in [-0.2, 0) is 10.0 Å². The van der Waals surface area contributed by atoms with E-state index in [2.05, 4.69) is 9.71 Å². The highest BCUT2D eigenvalue weighted by molar-refractivity contribution is 7.89. The number of hydrogen-bond acceptors (Lipinski definition) is 4. The quantitative estimate of drug-likeness (QED) is 0.699. The Labute approximate surface area is 158 Å². The Morgan fingerprint density at radius 2 is 1.74 bits per heavy atom. The van der Waals surface area contributed by atoms with Gasteiger partial charge < -0.3 is 4.98 Å². The highest BCUT2D eigenvalue weighted by atomic mass is 32.2. The first kappa shape index (κ1) is 19.6. The largest absolute Gasteiger partial charge is 0.325 e. The van der Waals surface area contributed by atoms with E-state index in [0.29, 0.717) is 5.92 Å². The van der Waals surface area contributed by atoms with Crippen molar-refractivity contribution in [2.24, 2.45) is 5.92 Å². The van der Waals surface area contributed by atoms with E-state index in [-0.39, 0.29) is 18.2 Å². The lowest BCUT2D eigenvalue weighted by Crippen LogP contribution is -2.37. The van der Waals surface area contributed by atoms with Crippen LogP contribution in [0.15, 0.2) is 44.8 Å². The Bertz CT molecular complexity index is 990. The molecule has 2 aromatic rings. The standard InChI is InChI=1S/C19H25N3O4S/c1-13-17(18(23)22-19(24)21-13)27(25,26)20-12-16(14-8-4-2-5-9-14)15-10-6-3-7-11-15/h2,4-5,8-9,15-16,20H,3,6-7,10-12H2,1H3,(H2,21,22,23,24). The van der Waals surface area contributed by atoms with Gasteiger partial charge in [0.25, 0.3) is 5.56 Å². The first-order valence-corrected chi connectivity index (χ1v) is 10.7. The molecule has 27 heavy (non-hydrogen) atoms. The number of hydrogen-bond donors (Lipinski definition) is 3. The monoisotopic (exact) mass is 391 g/mol. The summed E-state index contributed by atoms with van der Waals surface area (Å²) in [6.07, 6.45) is 5.66. The molecule has 8 heteroatoms. The molecule has 1 saturated carbocycles. The second-order valence-corrected chi connectivity index (χ2v) is 8.83. The Morgan fingerprint density at radius 1 is 1.07 bits per heavy atom. The molecule has 0 bridgehead atoms. The number of aryl methyl sites for hydroxylation is 1. The molecule has 7 nitrogen and oxygen atoms in total. The second-order valence-electron chi connectivity index (χ2n) is 7.13. The molecule has 146 valence electrons. The topological polar surface area (TPSA) is 112 Å². The third-order valence-corrected chi connectivity index (χ3v) is 6.86. The zero-order chi connectivity index (χ0) is 19.4. The van der Waals surface area contributed by atoms with Crippen molar-refractivity contribution in [1.82, 2.24) is 14.7 Å². The van der Waals surface area contributed by atoms with Gasteiger partial charge in [-0.1, -0.05) is 49.6 Å². The summed E-state index contributed by atoms with van der Waals surface area (Å²) in [6.45, 7) is 1.62. The molecular formula is C19H25N3O4S. The van der Waals surface area contributed by atoms with E-state index in [1.165, 1.54) is 13.3 Å². The maximum atomic E-state index is 12.8. The molecule has 0 amide bonds. The maximum absolute atomic E-state index is 12.8. The number of benzene rings is 1. The number of aromatic amines is 2. The summed E-state index contributed by atoms with van der Waals surface area (Å²) in [5, 5.41) is 0. The summed E-state index contributed by atoms with van der Waals surface area (Å²) >= 11 is 0. The molecule has 3 N–H and O–H groups in total. The van der Waals surface area contributed by atoms with Crippen LogP contribution >= 0.6 is 0 Å². The fourth-order valence-electron chi connectivity index (χ4n) is 3.98. The van der Waals surface area contributed by atoms with E-state index < -0.39 is 26.2 Å². The van der Waals surface area contributed by atoms with Gasteiger partial charge in [0.05, 0.1) is 0 Å². The number of rotatable bonds is 6. The molecule has 1 fully saturated rings. The summed E-state index contributed by atoms with van der Waals surface area (Å²) in [4.78, 5) is 27.2. The molecular weight excluding hydrogens is 366 g/mol. The van der Waals surface area contributed by atoms with Gasteiger partial charge in [0.2, 0.25) is 10.0 Å². The molecule has 1 unspecified atom stereocenters. The van der Waals surface area contributed by atoms with E-state index in [1.54, 1.807) is 0 Å². The van der Waals surface area contributed by atoms with Crippen LogP contribution in [0.25, 0.3) is 0 Å². The zero-order valence-corrected chi connectivity index (χ0v) is 16.1. The van der Waals surface area contributed by atoms with Crippen molar-refractivity contribution in [3.8, 4) is 0 Å². The molecule has 1 aliphatic rings. The van der Waals surface area contributed by atoms with Crippen LogP contribution in [0.3, 0.4) is 0 Å². The van der Waals surface area contributed by atoms with E-state index in [4.69, 9.17) is 0 Å². The molecule has 0 spiro atoms. The van der Waals surface area contributed by atoms with Crippen LogP contribution < -0.4 is 16.0 Å². The van der Waals surface area contributed by atoms with Gasteiger partial charge in [-0.25, -0.2) is 17.9 Å². The maximum Gasteiger partial charge on any atom is 0.325 e. The Hall–Kier alpha value is -2.19. The lowest BCUT2D eigenvalue weighted by atomic mass is 9.77. The van der Waals surface area contributed by atoms with Crippen molar-refractivity contribution >= 4 is 10.0 Å². The minimum absolute atomic E-state index is 0.0326. The minimum Gasteiger partial charge on any atom is -0.310 e. The van der Waals surface area contributed by atoms with Gasteiger partial charge in [-0.2, -0.15) is 0 Å². The Morgan fingerprint density at radius 3 is 2.37 bits per heavy atom. The summed E-state index contributed by atoms with van der Waals surface area (Å²) in [7, 11) is -4.04. The van der Waals surface area contributed by atoms with E-state index in [0.717, 1.165) is 31.2 Å². The summed E-state index contributed by atoms with van der Waals surface area (Å²) in [6, 6.07) is 9.89. The predicted molar refractivity (Wildman–Crippen MR) is 103 cm³/mol. The van der Waals surface area contributed by atoms with Gasteiger partial charge in [0, 0.05) is 18.2 Å². The number of nitrogens with one attached hydrogen (secondary N) is 3. The molecule has 0 aliphatic heterocycles. The molecule has 1 aromatic carbocycles. The lowest BCUT2D eigenvalue weighted by Gasteiger charge is -2.31. The minimum atomic E-state index is -4.04. The van der Waals surface area contributed by atoms with Gasteiger partial charge in [-0.15, -0.1) is 0 Å².